The number of rotatable bonds is 2. The van der Waals surface area contributed by atoms with E-state index in [1.165, 1.54) is 11.3 Å². The van der Waals surface area contributed by atoms with Crippen molar-refractivity contribution < 1.29 is 4.79 Å². The molecular weight excluding hydrogens is 236 g/mol. The number of carbonyl (C=O) groups excluding carboxylic acids is 1. The normalized spacial score (nSPS) is 10.8. The van der Waals surface area contributed by atoms with Gasteiger partial charge in [0.05, 0.1) is 4.88 Å². The van der Waals surface area contributed by atoms with Gasteiger partial charge in [-0.2, -0.15) is 0 Å². The van der Waals surface area contributed by atoms with E-state index in [4.69, 9.17) is 0 Å². The first-order chi connectivity index (χ1) is 7.86. The van der Waals surface area contributed by atoms with Crippen molar-refractivity contribution in [1.82, 2.24) is 0 Å². The highest BCUT2D eigenvalue weighted by atomic mass is 32.1. The fourth-order valence-electron chi connectivity index (χ4n) is 1.71. The Hall–Kier alpha value is -1.45. The lowest BCUT2D eigenvalue weighted by molar-refractivity contribution is 0.104. The first kappa shape index (κ1) is 9.75. The van der Waals surface area contributed by atoms with Crippen LogP contribution < -0.4 is 0 Å². The summed E-state index contributed by atoms with van der Waals surface area (Å²) in [4.78, 5) is 13.0. The zero-order valence-corrected chi connectivity index (χ0v) is 9.98. The zero-order chi connectivity index (χ0) is 11.0. The van der Waals surface area contributed by atoms with E-state index in [1.807, 2.05) is 47.2 Å². The van der Waals surface area contributed by atoms with Crippen LogP contribution in [-0.2, 0) is 0 Å². The Labute approximate surface area is 101 Å². The summed E-state index contributed by atoms with van der Waals surface area (Å²) in [5.74, 6) is 0.128. The van der Waals surface area contributed by atoms with Gasteiger partial charge in [-0.15, -0.1) is 22.7 Å². The van der Waals surface area contributed by atoms with Crippen LogP contribution in [0.25, 0.3) is 10.1 Å². The molecule has 0 bridgehead atoms. The molecule has 0 fully saturated rings. The topological polar surface area (TPSA) is 17.1 Å². The monoisotopic (exact) mass is 244 g/mol. The molecule has 0 saturated carbocycles. The minimum Gasteiger partial charge on any atom is -0.288 e. The highest BCUT2D eigenvalue weighted by molar-refractivity contribution is 7.18. The van der Waals surface area contributed by atoms with Gasteiger partial charge >= 0.3 is 0 Å². The molecule has 0 saturated heterocycles. The largest absolute Gasteiger partial charge is 0.288 e. The summed E-state index contributed by atoms with van der Waals surface area (Å²) in [6, 6.07) is 11.7. The van der Waals surface area contributed by atoms with Crippen LogP contribution in [0.3, 0.4) is 0 Å². The van der Waals surface area contributed by atoms with E-state index in [9.17, 15) is 4.79 Å². The van der Waals surface area contributed by atoms with Gasteiger partial charge in [-0.25, -0.2) is 0 Å². The molecule has 2 heterocycles. The van der Waals surface area contributed by atoms with E-state index in [1.54, 1.807) is 11.3 Å². The van der Waals surface area contributed by atoms with Crippen LogP contribution in [-0.4, -0.2) is 5.78 Å². The number of hydrogen-bond acceptors (Lipinski definition) is 3. The zero-order valence-electron chi connectivity index (χ0n) is 8.34. The lowest BCUT2D eigenvalue weighted by Gasteiger charge is -1.99. The van der Waals surface area contributed by atoms with E-state index in [-0.39, 0.29) is 5.78 Å². The highest BCUT2D eigenvalue weighted by Crippen LogP contribution is 2.27. The molecule has 1 nitrogen and oxygen atoms in total. The summed E-state index contributed by atoms with van der Waals surface area (Å²) < 4.78 is 1.08. The van der Waals surface area contributed by atoms with Crippen molar-refractivity contribution in [2.24, 2.45) is 0 Å². The van der Waals surface area contributed by atoms with Gasteiger partial charge in [0.25, 0.3) is 0 Å². The smallest absolute Gasteiger partial charge is 0.204 e. The van der Waals surface area contributed by atoms with Crippen LogP contribution in [0.15, 0.2) is 47.2 Å². The number of ketones is 1. The maximum absolute atomic E-state index is 12.2. The third-order valence-electron chi connectivity index (χ3n) is 2.47. The Morgan fingerprint density at radius 2 is 1.88 bits per heavy atom. The van der Waals surface area contributed by atoms with Crippen molar-refractivity contribution in [3.8, 4) is 0 Å². The molecule has 0 aliphatic rings. The van der Waals surface area contributed by atoms with E-state index in [0.717, 1.165) is 20.5 Å². The molecule has 0 spiro atoms. The number of fused-ring (bicyclic) bond motifs is 1. The molecular formula is C13H8OS2. The maximum atomic E-state index is 12.2. The Balaban J connectivity index is 2.19. The number of carbonyl (C=O) groups is 1. The molecule has 3 rings (SSSR count). The van der Waals surface area contributed by atoms with E-state index < -0.39 is 0 Å². The van der Waals surface area contributed by atoms with Crippen molar-refractivity contribution in [2.75, 3.05) is 0 Å². The minimum atomic E-state index is 0.128. The third kappa shape index (κ3) is 1.49. The molecule has 0 atom stereocenters. The number of benzene rings is 1. The first-order valence-electron chi connectivity index (χ1n) is 4.91. The van der Waals surface area contributed by atoms with Crippen LogP contribution in [0, 0.1) is 0 Å². The van der Waals surface area contributed by atoms with Crippen molar-refractivity contribution in [3.05, 3.63) is 57.6 Å². The van der Waals surface area contributed by atoms with Crippen molar-refractivity contribution >= 4 is 38.5 Å². The highest BCUT2D eigenvalue weighted by Gasteiger charge is 2.13. The fourth-order valence-corrected chi connectivity index (χ4v) is 3.30. The standard InChI is InChI=1S/C13H8OS2/c14-12(11-5-2-7-15-11)10-4-1-3-9-6-8-16-13(9)10/h1-8H. The van der Waals surface area contributed by atoms with Crippen molar-refractivity contribution in [1.29, 1.82) is 0 Å². The van der Waals surface area contributed by atoms with Gasteiger partial charge in [0.15, 0.2) is 0 Å². The second-order valence-corrected chi connectivity index (χ2v) is 5.31. The molecule has 0 unspecified atom stereocenters. The first-order valence-corrected chi connectivity index (χ1v) is 6.66. The Morgan fingerprint density at radius 1 is 0.938 bits per heavy atom. The third-order valence-corrected chi connectivity index (χ3v) is 4.30. The second-order valence-electron chi connectivity index (χ2n) is 3.45. The minimum absolute atomic E-state index is 0.128. The van der Waals surface area contributed by atoms with Crippen molar-refractivity contribution in [2.45, 2.75) is 0 Å². The summed E-state index contributed by atoms with van der Waals surface area (Å²) in [5, 5.41) is 5.10. The average Bonchev–Trinajstić information content (AvgIpc) is 2.98. The molecule has 3 aromatic rings. The van der Waals surface area contributed by atoms with Crippen LogP contribution >= 0.6 is 22.7 Å². The Bertz CT molecular complexity index is 635. The van der Waals surface area contributed by atoms with E-state index in [2.05, 4.69) is 0 Å². The van der Waals surface area contributed by atoms with Crippen LogP contribution in [0.4, 0.5) is 0 Å². The van der Waals surface area contributed by atoms with Gasteiger partial charge in [-0.05, 0) is 34.3 Å². The fraction of sp³-hybridized carbons (Fsp3) is 0. The summed E-state index contributed by atoms with van der Waals surface area (Å²) in [7, 11) is 0. The van der Waals surface area contributed by atoms with Crippen LogP contribution in [0.1, 0.15) is 15.2 Å². The van der Waals surface area contributed by atoms with Gasteiger partial charge in [0, 0.05) is 10.3 Å². The molecule has 0 aliphatic heterocycles. The number of hydrogen-bond donors (Lipinski definition) is 0. The SMILES string of the molecule is O=C(c1cccs1)c1cccc2ccsc12. The Morgan fingerprint density at radius 3 is 2.69 bits per heavy atom. The summed E-state index contributed by atoms with van der Waals surface area (Å²) in [6.07, 6.45) is 0. The lowest BCUT2D eigenvalue weighted by Crippen LogP contribution is -1.97. The van der Waals surface area contributed by atoms with Gasteiger partial charge in [0.1, 0.15) is 0 Å². The van der Waals surface area contributed by atoms with Gasteiger partial charge in [0.2, 0.25) is 5.78 Å². The predicted molar refractivity (Wildman–Crippen MR) is 69.6 cm³/mol. The summed E-state index contributed by atoms with van der Waals surface area (Å²) in [6.45, 7) is 0. The quantitative estimate of drug-likeness (QED) is 0.618. The molecule has 0 N–H and O–H groups in total. The molecule has 0 amide bonds. The molecule has 2 aromatic heterocycles. The number of thiophene rings is 2. The van der Waals surface area contributed by atoms with E-state index >= 15 is 0 Å². The summed E-state index contributed by atoms with van der Waals surface area (Å²) in [5.41, 5.74) is 0.815. The maximum Gasteiger partial charge on any atom is 0.204 e. The van der Waals surface area contributed by atoms with Crippen LogP contribution in [0.5, 0.6) is 0 Å². The van der Waals surface area contributed by atoms with E-state index in [0.29, 0.717) is 0 Å². The molecule has 16 heavy (non-hydrogen) atoms. The molecule has 0 radical (unpaired) electrons. The molecule has 0 aliphatic carbocycles. The van der Waals surface area contributed by atoms with Gasteiger partial charge in [-0.3, -0.25) is 4.79 Å². The molecule has 78 valence electrons. The molecule has 3 heteroatoms. The second kappa shape index (κ2) is 3.85. The Kier molecular flexibility index (Phi) is 2.35. The lowest BCUT2D eigenvalue weighted by atomic mass is 10.1. The van der Waals surface area contributed by atoms with Gasteiger partial charge < -0.3 is 0 Å². The van der Waals surface area contributed by atoms with Crippen LogP contribution in [0.2, 0.25) is 0 Å². The molecule has 1 aromatic carbocycles. The average molecular weight is 244 g/mol. The predicted octanol–water partition coefficient (Wildman–Crippen LogP) is 4.19. The van der Waals surface area contributed by atoms with Gasteiger partial charge in [-0.1, -0.05) is 18.2 Å². The van der Waals surface area contributed by atoms with Crippen molar-refractivity contribution in [3.63, 3.8) is 0 Å². The summed E-state index contributed by atoms with van der Waals surface area (Å²) >= 11 is 3.12.